The van der Waals surface area contributed by atoms with E-state index in [0.29, 0.717) is 69.6 Å². The van der Waals surface area contributed by atoms with Gasteiger partial charge in [-0.3, -0.25) is 4.90 Å². The lowest BCUT2D eigenvalue weighted by Crippen LogP contribution is -2.60. The first-order chi connectivity index (χ1) is 20.7. The minimum absolute atomic E-state index is 0.0731. The molecule has 4 atom stereocenters. The highest BCUT2D eigenvalue weighted by molar-refractivity contribution is 5.35. The van der Waals surface area contributed by atoms with Crippen molar-refractivity contribution in [2.45, 2.75) is 62.9 Å². The van der Waals surface area contributed by atoms with Crippen molar-refractivity contribution in [2.24, 2.45) is 5.92 Å². The van der Waals surface area contributed by atoms with Crippen molar-refractivity contribution >= 4 is 0 Å². The van der Waals surface area contributed by atoms with Gasteiger partial charge < -0.3 is 24.1 Å². The van der Waals surface area contributed by atoms with Crippen molar-refractivity contribution in [3.63, 3.8) is 0 Å². The number of halogens is 7. The van der Waals surface area contributed by atoms with Gasteiger partial charge in [0.2, 0.25) is 0 Å². The lowest BCUT2D eigenvalue weighted by Gasteiger charge is -2.53. The molecule has 244 valence electrons. The molecule has 5 rings (SSSR count). The maximum Gasteiger partial charge on any atom is 0.416 e. The van der Waals surface area contributed by atoms with E-state index < -0.39 is 52.3 Å². The van der Waals surface area contributed by atoms with Crippen molar-refractivity contribution in [3.8, 4) is 0 Å². The molecule has 44 heavy (non-hydrogen) atoms. The monoisotopic (exact) mass is 634 g/mol. The van der Waals surface area contributed by atoms with E-state index in [4.69, 9.17) is 14.2 Å². The van der Waals surface area contributed by atoms with E-state index in [2.05, 4.69) is 4.90 Å². The molecule has 3 aliphatic rings. The summed E-state index contributed by atoms with van der Waals surface area (Å²) in [7, 11) is 0. The molecular formula is C31H37F7N2O4. The van der Waals surface area contributed by atoms with Crippen LogP contribution in [0.4, 0.5) is 30.7 Å². The van der Waals surface area contributed by atoms with E-state index in [1.807, 2.05) is 0 Å². The third-order valence-electron chi connectivity index (χ3n) is 9.11. The van der Waals surface area contributed by atoms with E-state index in [0.717, 1.165) is 12.8 Å². The molecule has 0 amide bonds. The van der Waals surface area contributed by atoms with Crippen molar-refractivity contribution in [1.29, 1.82) is 0 Å². The van der Waals surface area contributed by atoms with Gasteiger partial charge in [-0.05, 0) is 67.6 Å². The Labute approximate surface area is 251 Å². The molecule has 3 heterocycles. The molecular weight excluding hydrogens is 597 g/mol. The van der Waals surface area contributed by atoms with Crippen LogP contribution in [0.25, 0.3) is 0 Å². The molecule has 3 saturated heterocycles. The molecule has 0 N–H and O–H groups in total. The zero-order valence-corrected chi connectivity index (χ0v) is 24.4. The first-order valence-electron chi connectivity index (χ1n) is 14.9. The van der Waals surface area contributed by atoms with Gasteiger partial charge in [-0.15, -0.1) is 0 Å². The molecule has 0 bridgehead atoms. The summed E-state index contributed by atoms with van der Waals surface area (Å²) in [4.78, 5) is 2.34. The number of piperazine rings is 1. The number of benzene rings is 2. The van der Waals surface area contributed by atoms with Crippen LogP contribution in [0.1, 0.15) is 60.5 Å². The predicted octanol–water partition coefficient (Wildman–Crippen LogP) is 6.90. The van der Waals surface area contributed by atoms with E-state index >= 15 is 0 Å². The summed E-state index contributed by atoms with van der Waals surface area (Å²) >= 11 is 0. The van der Waals surface area contributed by atoms with Crippen LogP contribution in [0.2, 0.25) is 0 Å². The highest BCUT2D eigenvalue weighted by Crippen LogP contribution is 2.42. The highest BCUT2D eigenvalue weighted by atomic mass is 19.4. The Morgan fingerprint density at radius 1 is 0.909 bits per heavy atom. The summed E-state index contributed by atoms with van der Waals surface area (Å²) in [5.74, 6) is -1.36. The van der Waals surface area contributed by atoms with Gasteiger partial charge in [0.1, 0.15) is 5.82 Å². The fraction of sp³-hybridized carbons (Fsp3) is 0.613. The third kappa shape index (κ3) is 7.91. The smallest absolute Gasteiger partial charge is 0.416 e. The summed E-state index contributed by atoms with van der Waals surface area (Å²) in [6, 6.07) is 7.37. The number of ether oxygens (including phenoxy) is 3. The lowest BCUT2D eigenvalue weighted by atomic mass is 9.81. The Hall–Kier alpha value is -2.29. The van der Waals surface area contributed by atoms with Gasteiger partial charge in [-0.25, -0.2) is 4.39 Å². The number of quaternary nitrogens is 1. The molecule has 0 aromatic heterocycles. The molecule has 3 aliphatic heterocycles. The summed E-state index contributed by atoms with van der Waals surface area (Å²) < 4.78 is 112. The van der Waals surface area contributed by atoms with Crippen molar-refractivity contribution in [1.82, 2.24) is 4.90 Å². The lowest BCUT2D eigenvalue weighted by molar-refractivity contribution is -0.889. The summed E-state index contributed by atoms with van der Waals surface area (Å²) in [6.07, 6.45) is -9.96. The topological polar surface area (TPSA) is 54.0 Å². The van der Waals surface area contributed by atoms with Crippen LogP contribution in [0.3, 0.4) is 0 Å². The maximum atomic E-state index is 14.0. The average Bonchev–Trinajstić information content (AvgIpc) is 2.97. The van der Waals surface area contributed by atoms with Crippen LogP contribution in [-0.4, -0.2) is 74.4 Å². The zero-order chi connectivity index (χ0) is 31.7. The second-order valence-corrected chi connectivity index (χ2v) is 12.1. The van der Waals surface area contributed by atoms with Crippen molar-refractivity contribution in [2.75, 3.05) is 52.5 Å². The van der Waals surface area contributed by atoms with E-state index in [9.17, 15) is 35.9 Å². The Morgan fingerprint density at radius 2 is 1.50 bits per heavy atom. The maximum absolute atomic E-state index is 14.0. The van der Waals surface area contributed by atoms with Gasteiger partial charge in [0.25, 0.3) is 0 Å². The number of hydrogen-bond donors (Lipinski definition) is 0. The normalized spacial score (nSPS) is 26.4. The molecule has 2 aromatic carbocycles. The van der Waals surface area contributed by atoms with Crippen molar-refractivity contribution in [3.05, 3.63) is 75.7 Å². The minimum Gasteiger partial charge on any atom is -0.633 e. The SMILES string of the molecule is C[C@@H](O[C@H]1OCC[C@@H](C[N+]2([O-])CCN(C3CCOCC3)CC2)[C@@H]1c1ccc(F)cc1)c1cc(C(F)(F)F)cc(C(F)(F)F)c1. The minimum atomic E-state index is -5.00. The van der Waals surface area contributed by atoms with Crippen LogP contribution in [-0.2, 0) is 26.6 Å². The van der Waals surface area contributed by atoms with Crippen LogP contribution in [0.15, 0.2) is 42.5 Å². The standard InChI is InChI=1S/C31H37F7N2O4/c1-20(23-16-24(30(33,34)35)18-25(17-23)31(36,37)38)44-29-28(21-2-4-26(32)5-3-21)22(6-15-43-29)19-40(41)11-9-39(10-12-40)27-7-13-42-14-8-27/h2-5,16-18,20,22,27-29H,6-15,19H2,1H3/t20-,22+,28+,29-/m1/s1. The zero-order valence-electron chi connectivity index (χ0n) is 24.4. The fourth-order valence-corrected chi connectivity index (χ4v) is 6.65. The van der Waals surface area contributed by atoms with Gasteiger partial charge in [-0.1, -0.05) is 12.1 Å². The molecule has 0 spiro atoms. The first-order valence-corrected chi connectivity index (χ1v) is 14.9. The Morgan fingerprint density at radius 3 is 2.07 bits per heavy atom. The largest absolute Gasteiger partial charge is 0.633 e. The number of hydroxylamine groups is 3. The molecule has 3 fully saturated rings. The van der Waals surface area contributed by atoms with Crippen LogP contribution in [0, 0.1) is 16.9 Å². The number of alkyl halides is 6. The summed E-state index contributed by atoms with van der Waals surface area (Å²) in [6.45, 7) is 5.25. The molecule has 2 aromatic rings. The van der Waals surface area contributed by atoms with Gasteiger partial charge >= 0.3 is 12.4 Å². The third-order valence-corrected chi connectivity index (χ3v) is 9.11. The Kier molecular flexibility index (Phi) is 9.93. The van der Waals surface area contributed by atoms with Gasteiger partial charge in [0.05, 0.1) is 43.5 Å². The average molecular weight is 635 g/mol. The fourth-order valence-electron chi connectivity index (χ4n) is 6.65. The molecule has 13 heteroatoms. The number of nitrogens with zero attached hydrogens (tertiary/aromatic N) is 2. The van der Waals surface area contributed by atoms with Gasteiger partial charge in [-0.2, -0.15) is 26.3 Å². The van der Waals surface area contributed by atoms with Crippen molar-refractivity contribution < 1.29 is 49.6 Å². The van der Waals surface area contributed by atoms with E-state index in [1.54, 1.807) is 12.1 Å². The second kappa shape index (κ2) is 13.2. The number of hydrogen-bond acceptors (Lipinski definition) is 5. The molecule has 0 unspecified atom stereocenters. The summed E-state index contributed by atoms with van der Waals surface area (Å²) in [5.41, 5.74) is -2.57. The predicted molar refractivity (Wildman–Crippen MR) is 147 cm³/mol. The first kappa shape index (κ1) is 33.1. The van der Waals surface area contributed by atoms with E-state index in [1.165, 1.54) is 19.1 Å². The molecule has 6 nitrogen and oxygen atoms in total. The Bertz CT molecular complexity index is 1210. The van der Waals surface area contributed by atoms with E-state index in [-0.39, 0.29) is 30.7 Å². The highest BCUT2D eigenvalue weighted by Gasteiger charge is 2.43. The van der Waals surface area contributed by atoms with Crippen LogP contribution >= 0.6 is 0 Å². The molecule has 0 saturated carbocycles. The quantitative estimate of drug-likeness (QED) is 0.189. The summed E-state index contributed by atoms with van der Waals surface area (Å²) in [5, 5.41) is 14.0. The van der Waals surface area contributed by atoms with Gasteiger partial charge in [0.15, 0.2) is 6.29 Å². The molecule has 0 radical (unpaired) electrons. The molecule has 0 aliphatic carbocycles. The van der Waals surface area contributed by atoms with Crippen LogP contribution < -0.4 is 0 Å². The number of rotatable bonds is 7. The second-order valence-electron chi connectivity index (χ2n) is 12.1. The van der Waals surface area contributed by atoms with Gasteiger partial charge in [0, 0.05) is 44.2 Å². The Balaban J connectivity index is 1.37. The van der Waals surface area contributed by atoms with Crippen LogP contribution in [0.5, 0.6) is 0 Å².